The molecule has 2 amide bonds. The highest BCUT2D eigenvalue weighted by Crippen LogP contribution is 2.26. The number of amides is 2. The highest BCUT2D eigenvalue weighted by molar-refractivity contribution is 6.22. The highest BCUT2D eigenvalue weighted by Gasteiger charge is 2.43. The lowest BCUT2D eigenvalue weighted by Gasteiger charge is -2.37. The lowest BCUT2D eigenvalue weighted by molar-refractivity contribution is -0.123. The summed E-state index contributed by atoms with van der Waals surface area (Å²) < 4.78 is 0. The van der Waals surface area contributed by atoms with Crippen LogP contribution in [0.4, 0.5) is 5.69 Å². The third-order valence-corrected chi connectivity index (χ3v) is 5.47. The smallest absolute Gasteiger partial charge is 0.251 e. The molecule has 2 aromatic carbocycles. The Balaban J connectivity index is 1.35. The average Bonchev–Trinajstić information content (AvgIpc) is 3.04. The molecule has 0 bridgehead atoms. The second kappa shape index (κ2) is 7.93. The fourth-order valence-electron chi connectivity index (χ4n) is 3.93. The molecule has 28 heavy (non-hydrogen) atoms. The minimum atomic E-state index is -0.357. The SMILES string of the molecule is N#Cc1ccc(CN2CCN(C3CC(=O)N(c4ccccc4)C3=O)CC2)cc1. The number of hydrogen-bond acceptors (Lipinski definition) is 5. The van der Waals surface area contributed by atoms with Gasteiger partial charge in [0.1, 0.15) is 0 Å². The Kier molecular flexibility index (Phi) is 5.20. The van der Waals surface area contributed by atoms with E-state index in [0.717, 1.165) is 32.7 Å². The number of carbonyl (C=O) groups is 2. The van der Waals surface area contributed by atoms with Crippen molar-refractivity contribution in [3.8, 4) is 6.07 Å². The molecule has 0 N–H and O–H groups in total. The van der Waals surface area contributed by atoms with E-state index in [2.05, 4.69) is 15.9 Å². The van der Waals surface area contributed by atoms with Crippen molar-refractivity contribution >= 4 is 17.5 Å². The first-order valence-corrected chi connectivity index (χ1v) is 9.53. The molecular weight excluding hydrogens is 352 g/mol. The fourth-order valence-corrected chi connectivity index (χ4v) is 3.93. The van der Waals surface area contributed by atoms with Gasteiger partial charge in [-0.2, -0.15) is 5.26 Å². The third kappa shape index (κ3) is 3.68. The van der Waals surface area contributed by atoms with Crippen molar-refractivity contribution in [1.29, 1.82) is 5.26 Å². The monoisotopic (exact) mass is 374 g/mol. The molecule has 1 unspecified atom stereocenters. The molecule has 2 saturated heterocycles. The number of anilines is 1. The second-order valence-electron chi connectivity index (χ2n) is 7.24. The summed E-state index contributed by atoms with van der Waals surface area (Å²) >= 11 is 0. The number of nitrogens with zero attached hydrogens (tertiary/aromatic N) is 4. The van der Waals surface area contributed by atoms with E-state index < -0.39 is 0 Å². The molecule has 0 aliphatic carbocycles. The first-order chi connectivity index (χ1) is 13.7. The number of carbonyl (C=O) groups excluding carboxylic acids is 2. The maximum Gasteiger partial charge on any atom is 0.251 e. The van der Waals surface area contributed by atoms with Crippen molar-refractivity contribution in [2.45, 2.75) is 19.0 Å². The summed E-state index contributed by atoms with van der Waals surface area (Å²) in [6.45, 7) is 4.06. The topological polar surface area (TPSA) is 67.7 Å². The van der Waals surface area contributed by atoms with Gasteiger partial charge in [-0.3, -0.25) is 19.4 Å². The Bertz CT molecular complexity index is 896. The predicted octanol–water partition coefficient (Wildman–Crippen LogP) is 2.01. The van der Waals surface area contributed by atoms with E-state index in [-0.39, 0.29) is 24.3 Å². The van der Waals surface area contributed by atoms with Crippen LogP contribution >= 0.6 is 0 Å². The molecule has 142 valence electrons. The van der Waals surface area contributed by atoms with Crippen molar-refractivity contribution in [3.05, 3.63) is 65.7 Å². The van der Waals surface area contributed by atoms with Crippen LogP contribution in [0.1, 0.15) is 17.5 Å². The molecule has 6 heteroatoms. The van der Waals surface area contributed by atoms with E-state index in [1.165, 1.54) is 10.5 Å². The normalized spacial score (nSPS) is 21.1. The molecule has 1 atom stereocenters. The van der Waals surface area contributed by atoms with Crippen LogP contribution in [-0.4, -0.2) is 53.8 Å². The Hall–Kier alpha value is -3.01. The molecule has 2 heterocycles. The van der Waals surface area contributed by atoms with Crippen LogP contribution in [-0.2, 0) is 16.1 Å². The first-order valence-electron chi connectivity index (χ1n) is 9.53. The molecule has 0 aromatic heterocycles. The Labute approximate surface area is 164 Å². The Morgan fingerprint density at radius 2 is 1.61 bits per heavy atom. The van der Waals surface area contributed by atoms with Gasteiger partial charge in [0, 0.05) is 32.7 Å². The van der Waals surface area contributed by atoms with Crippen LogP contribution in [0.2, 0.25) is 0 Å². The number of hydrogen-bond donors (Lipinski definition) is 0. The van der Waals surface area contributed by atoms with E-state index >= 15 is 0 Å². The number of benzene rings is 2. The van der Waals surface area contributed by atoms with E-state index in [1.807, 2.05) is 42.5 Å². The molecule has 2 aliphatic heterocycles. The van der Waals surface area contributed by atoms with Crippen LogP contribution in [0, 0.1) is 11.3 Å². The zero-order chi connectivity index (χ0) is 19.5. The lowest BCUT2D eigenvalue weighted by Crippen LogP contribution is -2.52. The molecule has 0 radical (unpaired) electrons. The summed E-state index contributed by atoms with van der Waals surface area (Å²) in [6.07, 6.45) is 0.253. The number of nitriles is 1. The molecule has 4 rings (SSSR count). The summed E-state index contributed by atoms with van der Waals surface area (Å²) in [5, 5.41) is 8.89. The summed E-state index contributed by atoms with van der Waals surface area (Å²) in [5.74, 6) is -0.238. The second-order valence-corrected chi connectivity index (χ2v) is 7.24. The van der Waals surface area contributed by atoms with Gasteiger partial charge in [0.25, 0.3) is 5.91 Å². The largest absolute Gasteiger partial charge is 0.297 e. The van der Waals surface area contributed by atoms with Gasteiger partial charge in [0.15, 0.2) is 0 Å². The quantitative estimate of drug-likeness (QED) is 0.766. The molecule has 0 saturated carbocycles. The van der Waals surface area contributed by atoms with Crippen molar-refractivity contribution in [2.75, 3.05) is 31.1 Å². The zero-order valence-electron chi connectivity index (χ0n) is 15.6. The Morgan fingerprint density at radius 1 is 0.929 bits per heavy atom. The van der Waals surface area contributed by atoms with Gasteiger partial charge in [-0.15, -0.1) is 0 Å². The van der Waals surface area contributed by atoms with Gasteiger partial charge in [0.2, 0.25) is 5.91 Å². The molecule has 2 fully saturated rings. The zero-order valence-corrected chi connectivity index (χ0v) is 15.6. The maximum atomic E-state index is 12.9. The van der Waals surface area contributed by atoms with Gasteiger partial charge in [-0.05, 0) is 29.8 Å². The Morgan fingerprint density at radius 3 is 2.25 bits per heavy atom. The fraction of sp³-hybridized carbons (Fsp3) is 0.318. The minimum Gasteiger partial charge on any atom is -0.297 e. The first kappa shape index (κ1) is 18.4. The van der Waals surface area contributed by atoms with Crippen molar-refractivity contribution in [2.24, 2.45) is 0 Å². The van der Waals surface area contributed by atoms with E-state index in [4.69, 9.17) is 5.26 Å². The molecule has 0 spiro atoms. The van der Waals surface area contributed by atoms with Crippen molar-refractivity contribution in [3.63, 3.8) is 0 Å². The number of imide groups is 1. The maximum absolute atomic E-state index is 12.9. The van der Waals surface area contributed by atoms with Crippen molar-refractivity contribution < 1.29 is 9.59 Å². The lowest BCUT2D eigenvalue weighted by atomic mass is 10.1. The van der Waals surface area contributed by atoms with Crippen LogP contribution in [0.25, 0.3) is 0 Å². The summed E-state index contributed by atoms with van der Waals surface area (Å²) in [4.78, 5) is 31.1. The molecule has 2 aromatic rings. The standard InChI is InChI=1S/C22H22N4O2/c23-15-17-6-8-18(9-7-17)16-24-10-12-25(13-11-24)20-14-21(27)26(22(20)28)19-4-2-1-3-5-19/h1-9,20H,10-14,16H2. The molecule has 2 aliphatic rings. The summed E-state index contributed by atoms with van der Waals surface area (Å²) in [6, 6.07) is 18.6. The number of piperazine rings is 1. The van der Waals surface area contributed by atoms with Gasteiger partial charge in [0.05, 0.1) is 29.8 Å². The van der Waals surface area contributed by atoms with E-state index in [1.54, 1.807) is 12.1 Å². The highest BCUT2D eigenvalue weighted by atomic mass is 16.2. The van der Waals surface area contributed by atoms with Crippen LogP contribution in [0.15, 0.2) is 54.6 Å². The van der Waals surface area contributed by atoms with Crippen LogP contribution in [0.3, 0.4) is 0 Å². The third-order valence-electron chi connectivity index (χ3n) is 5.47. The van der Waals surface area contributed by atoms with Gasteiger partial charge >= 0.3 is 0 Å². The number of rotatable bonds is 4. The minimum absolute atomic E-state index is 0.114. The molecule has 6 nitrogen and oxygen atoms in total. The van der Waals surface area contributed by atoms with Gasteiger partial charge in [-0.25, -0.2) is 4.90 Å². The van der Waals surface area contributed by atoms with Crippen LogP contribution < -0.4 is 4.90 Å². The van der Waals surface area contributed by atoms with Gasteiger partial charge in [-0.1, -0.05) is 30.3 Å². The number of para-hydroxylation sites is 1. The van der Waals surface area contributed by atoms with E-state index in [0.29, 0.717) is 11.3 Å². The molecular formula is C22H22N4O2. The average molecular weight is 374 g/mol. The summed E-state index contributed by atoms with van der Waals surface area (Å²) in [7, 11) is 0. The van der Waals surface area contributed by atoms with Crippen molar-refractivity contribution in [1.82, 2.24) is 9.80 Å². The van der Waals surface area contributed by atoms with Gasteiger partial charge < -0.3 is 0 Å². The summed E-state index contributed by atoms with van der Waals surface area (Å²) in [5.41, 5.74) is 2.50. The van der Waals surface area contributed by atoms with Crippen LogP contribution in [0.5, 0.6) is 0 Å². The van der Waals surface area contributed by atoms with E-state index in [9.17, 15) is 9.59 Å². The predicted molar refractivity (Wildman–Crippen MR) is 105 cm³/mol.